The van der Waals surface area contributed by atoms with Gasteiger partial charge in [-0.25, -0.2) is 14.6 Å². The van der Waals surface area contributed by atoms with Gasteiger partial charge in [-0.1, -0.05) is 6.07 Å². The summed E-state index contributed by atoms with van der Waals surface area (Å²) < 4.78 is 20.0. The molecule has 37 heavy (non-hydrogen) atoms. The Hall–Kier alpha value is -2.75. The Bertz CT molecular complexity index is 1150. The summed E-state index contributed by atoms with van der Waals surface area (Å²) >= 11 is 0. The van der Waals surface area contributed by atoms with Crippen molar-refractivity contribution < 1.29 is 13.9 Å². The minimum absolute atomic E-state index is 0.0438. The van der Waals surface area contributed by atoms with Crippen LogP contribution in [0.4, 0.5) is 9.18 Å². The molecule has 4 aliphatic rings. The molecule has 0 bridgehead atoms. The molecule has 1 aromatic heterocycles. The number of carbonyl (C=O) groups excluding carboxylic acids is 1. The van der Waals surface area contributed by atoms with Crippen LogP contribution in [0, 0.1) is 24.6 Å². The second-order valence-corrected chi connectivity index (χ2v) is 11.2. The Morgan fingerprint density at radius 3 is 2.89 bits per heavy atom. The number of piperidine rings is 1. The molecule has 0 radical (unpaired) electrons. The van der Waals surface area contributed by atoms with Gasteiger partial charge in [0.15, 0.2) is 0 Å². The lowest BCUT2D eigenvalue weighted by atomic mass is 9.71. The van der Waals surface area contributed by atoms with Crippen LogP contribution in [0.2, 0.25) is 0 Å². The Kier molecular flexibility index (Phi) is 6.77. The number of hydrazine groups is 1. The van der Waals surface area contributed by atoms with Crippen molar-refractivity contribution in [3.63, 3.8) is 0 Å². The summed E-state index contributed by atoms with van der Waals surface area (Å²) in [5.74, 6) is 1.22. The highest BCUT2D eigenvalue weighted by molar-refractivity contribution is 5.76. The van der Waals surface area contributed by atoms with Gasteiger partial charge in [0.2, 0.25) is 0 Å². The number of carbonyl (C=O) groups is 1. The predicted molar refractivity (Wildman–Crippen MR) is 138 cm³/mol. The molecule has 198 valence electrons. The van der Waals surface area contributed by atoms with E-state index >= 15 is 0 Å². The fourth-order valence-corrected chi connectivity index (χ4v) is 7.06. The van der Waals surface area contributed by atoms with Gasteiger partial charge in [0, 0.05) is 55.2 Å². The number of pyridine rings is 1. The lowest BCUT2D eigenvalue weighted by Gasteiger charge is -2.49. The van der Waals surface area contributed by atoms with E-state index in [-0.39, 0.29) is 30.0 Å². The zero-order chi connectivity index (χ0) is 25.5. The first-order valence-electron chi connectivity index (χ1n) is 13.5. The summed E-state index contributed by atoms with van der Waals surface area (Å²) in [6.45, 7) is 4.94. The SMILES string of the molecule is COc1cccc(F)c1CN1CCC[C@@H](N2CC3CC4C(CC3NC2=O)NNC4c2ccnc(C)c2)C1. The van der Waals surface area contributed by atoms with E-state index in [2.05, 4.69) is 43.1 Å². The molecule has 1 saturated carbocycles. The van der Waals surface area contributed by atoms with Crippen molar-refractivity contribution >= 4 is 6.03 Å². The van der Waals surface area contributed by atoms with E-state index in [0.29, 0.717) is 35.7 Å². The second-order valence-electron chi connectivity index (χ2n) is 11.2. The first kappa shape index (κ1) is 24.6. The molecule has 1 aliphatic carbocycles. The molecule has 2 aromatic rings. The molecule has 3 N–H and O–H groups in total. The number of hydrogen-bond acceptors (Lipinski definition) is 6. The summed E-state index contributed by atoms with van der Waals surface area (Å²) in [5.41, 5.74) is 9.93. The summed E-state index contributed by atoms with van der Waals surface area (Å²) in [6, 6.07) is 10.2. The van der Waals surface area contributed by atoms with Crippen LogP contribution in [-0.4, -0.2) is 65.7 Å². The van der Waals surface area contributed by atoms with Crippen LogP contribution < -0.4 is 20.9 Å². The van der Waals surface area contributed by atoms with Crippen molar-refractivity contribution in [3.8, 4) is 5.75 Å². The molecular formula is C28H37FN6O2. The standard InChI is InChI=1S/C28H37FN6O2/c1-17-11-18(8-9-30-17)27-21-12-19-14-35(28(36)31-24(19)13-25(21)32-33-27)20-5-4-10-34(15-20)16-22-23(29)6-3-7-26(22)37-2/h3,6-9,11,19-21,24-25,27,32-33H,4-5,10,12-16H2,1-2H3,(H,31,36)/t19?,20-,21?,24?,25?,27?/m1/s1. The van der Waals surface area contributed by atoms with Crippen LogP contribution in [0.1, 0.15) is 48.5 Å². The van der Waals surface area contributed by atoms with Crippen LogP contribution in [0.3, 0.4) is 0 Å². The van der Waals surface area contributed by atoms with Gasteiger partial charge in [-0.15, -0.1) is 0 Å². The van der Waals surface area contributed by atoms with Gasteiger partial charge >= 0.3 is 6.03 Å². The normalized spacial score (nSPS) is 32.0. The van der Waals surface area contributed by atoms with E-state index in [1.54, 1.807) is 13.2 Å². The predicted octanol–water partition coefficient (Wildman–Crippen LogP) is 3.14. The van der Waals surface area contributed by atoms with E-state index in [0.717, 1.165) is 51.0 Å². The minimum Gasteiger partial charge on any atom is -0.496 e. The zero-order valence-electron chi connectivity index (χ0n) is 21.6. The third-order valence-corrected chi connectivity index (χ3v) is 8.90. The van der Waals surface area contributed by atoms with Crippen LogP contribution >= 0.6 is 0 Å². The minimum atomic E-state index is -0.241. The largest absolute Gasteiger partial charge is 0.496 e. The maximum Gasteiger partial charge on any atom is 0.317 e. The first-order chi connectivity index (χ1) is 18.0. The summed E-state index contributed by atoms with van der Waals surface area (Å²) in [7, 11) is 1.58. The monoisotopic (exact) mass is 508 g/mol. The number of nitrogens with zero attached hydrogens (tertiary/aromatic N) is 3. The van der Waals surface area contributed by atoms with Crippen molar-refractivity contribution in [2.24, 2.45) is 11.8 Å². The maximum atomic E-state index is 14.6. The van der Waals surface area contributed by atoms with Gasteiger partial charge in [0.05, 0.1) is 13.2 Å². The number of methoxy groups -OCH3 is 1. The Morgan fingerprint density at radius 1 is 1.16 bits per heavy atom. The number of aryl methyl sites for hydroxylation is 1. The van der Waals surface area contributed by atoms with Crippen molar-refractivity contribution in [2.45, 2.75) is 63.3 Å². The number of likely N-dealkylation sites (tertiary alicyclic amines) is 1. The number of halogens is 1. The number of aromatic nitrogens is 1. The molecule has 0 spiro atoms. The highest BCUT2D eigenvalue weighted by Gasteiger charge is 2.48. The van der Waals surface area contributed by atoms with Crippen molar-refractivity contribution in [3.05, 3.63) is 59.2 Å². The Morgan fingerprint density at radius 2 is 2.05 bits per heavy atom. The van der Waals surface area contributed by atoms with Crippen LogP contribution in [0.25, 0.3) is 0 Å². The fraction of sp³-hybridized carbons (Fsp3) is 0.571. The van der Waals surface area contributed by atoms with E-state index in [1.165, 1.54) is 11.6 Å². The first-order valence-corrected chi connectivity index (χ1v) is 13.5. The number of benzene rings is 1. The van der Waals surface area contributed by atoms with Crippen LogP contribution in [0.15, 0.2) is 36.5 Å². The quantitative estimate of drug-likeness (QED) is 0.576. The zero-order valence-corrected chi connectivity index (χ0v) is 21.6. The second kappa shape index (κ2) is 10.2. The van der Waals surface area contributed by atoms with E-state index < -0.39 is 0 Å². The highest BCUT2D eigenvalue weighted by Crippen LogP contribution is 2.42. The molecule has 4 fully saturated rings. The highest BCUT2D eigenvalue weighted by atomic mass is 19.1. The molecule has 4 heterocycles. The number of ether oxygens (including phenoxy) is 1. The van der Waals surface area contributed by atoms with Gasteiger partial charge < -0.3 is 15.0 Å². The van der Waals surface area contributed by atoms with Crippen molar-refractivity contribution in [1.82, 2.24) is 31.0 Å². The molecule has 5 unspecified atom stereocenters. The van der Waals surface area contributed by atoms with Crippen molar-refractivity contribution in [1.29, 1.82) is 0 Å². The smallest absolute Gasteiger partial charge is 0.317 e. The average Bonchev–Trinajstić information content (AvgIpc) is 3.31. The van der Waals surface area contributed by atoms with Gasteiger partial charge in [-0.05, 0) is 80.8 Å². The average molecular weight is 509 g/mol. The van der Waals surface area contributed by atoms with E-state index in [1.807, 2.05) is 19.2 Å². The number of rotatable bonds is 5. The number of nitrogens with one attached hydrogen (secondary N) is 3. The summed E-state index contributed by atoms with van der Waals surface area (Å²) in [4.78, 5) is 21.9. The van der Waals surface area contributed by atoms with E-state index in [4.69, 9.17) is 4.74 Å². The molecule has 2 amide bonds. The Balaban J connectivity index is 1.14. The number of hydrogen-bond donors (Lipinski definition) is 3. The molecule has 3 aliphatic heterocycles. The summed E-state index contributed by atoms with van der Waals surface area (Å²) in [6.07, 6.45) is 5.85. The number of fused-ring (bicyclic) bond motifs is 2. The molecule has 3 saturated heterocycles. The van der Waals surface area contributed by atoms with Gasteiger partial charge in [-0.3, -0.25) is 15.3 Å². The summed E-state index contributed by atoms with van der Waals surface area (Å²) in [5, 5.41) is 3.34. The van der Waals surface area contributed by atoms with Crippen molar-refractivity contribution in [2.75, 3.05) is 26.7 Å². The Labute approximate surface area is 217 Å². The van der Waals surface area contributed by atoms with Crippen LogP contribution in [-0.2, 0) is 6.54 Å². The molecule has 9 heteroatoms. The number of amides is 2. The topological polar surface area (TPSA) is 81.8 Å². The fourth-order valence-electron chi connectivity index (χ4n) is 7.06. The third kappa shape index (κ3) is 4.80. The van der Waals surface area contributed by atoms with E-state index in [9.17, 15) is 9.18 Å². The molecular weight excluding hydrogens is 471 g/mol. The number of urea groups is 1. The molecule has 1 aromatic carbocycles. The molecule has 6 rings (SSSR count). The molecule has 6 atom stereocenters. The third-order valence-electron chi connectivity index (χ3n) is 8.90. The van der Waals surface area contributed by atoms with Gasteiger partial charge in [-0.2, -0.15) is 0 Å². The lowest BCUT2D eigenvalue weighted by Crippen LogP contribution is -2.64. The van der Waals surface area contributed by atoms with Gasteiger partial charge in [0.25, 0.3) is 0 Å². The molecule has 8 nitrogen and oxygen atoms in total. The van der Waals surface area contributed by atoms with Gasteiger partial charge in [0.1, 0.15) is 11.6 Å². The lowest BCUT2D eigenvalue weighted by molar-refractivity contribution is 0.0519. The maximum absolute atomic E-state index is 14.6. The van der Waals surface area contributed by atoms with Crippen LogP contribution in [0.5, 0.6) is 5.75 Å².